The Kier molecular flexibility index (Phi) is 7.30. The summed E-state index contributed by atoms with van der Waals surface area (Å²) in [6.45, 7) is 7.67. The first-order chi connectivity index (χ1) is 12.3. The lowest BCUT2D eigenvalue weighted by Gasteiger charge is -2.39. The molecule has 0 unspecified atom stereocenters. The molecule has 1 amide bonds. The SMILES string of the molecule is Cc1ccc(S(=O)(=O)NCCC(=O)N2CCC3(CCNC3)CC2)cc1C.Cl. The first-order valence-electron chi connectivity index (χ1n) is 9.37. The van der Waals surface area contributed by atoms with E-state index in [1.165, 1.54) is 6.42 Å². The summed E-state index contributed by atoms with van der Waals surface area (Å²) >= 11 is 0. The number of aryl methyl sites for hydroxylation is 2. The number of likely N-dealkylation sites (tertiary alicyclic amines) is 1. The van der Waals surface area contributed by atoms with E-state index in [1.54, 1.807) is 18.2 Å². The molecule has 0 radical (unpaired) electrons. The molecular weight excluding hydrogens is 386 g/mol. The molecule has 0 atom stereocenters. The maximum absolute atomic E-state index is 12.4. The third-order valence-electron chi connectivity index (χ3n) is 5.93. The number of hydrogen-bond acceptors (Lipinski definition) is 4. The monoisotopic (exact) mass is 415 g/mol. The minimum atomic E-state index is -3.57. The van der Waals surface area contributed by atoms with E-state index in [9.17, 15) is 13.2 Å². The van der Waals surface area contributed by atoms with Crippen molar-refractivity contribution in [2.75, 3.05) is 32.7 Å². The van der Waals surface area contributed by atoms with Crippen LogP contribution in [-0.2, 0) is 14.8 Å². The maximum atomic E-state index is 12.4. The Labute approximate surface area is 168 Å². The Bertz CT molecular complexity index is 766. The number of nitrogens with zero attached hydrogens (tertiary/aromatic N) is 1. The summed E-state index contributed by atoms with van der Waals surface area (Å²) in [5, 5.41) is 3.42. The zero-order chi connectivity index (χ0) is 18.8. The average Bonchev–Trinajstić information content (AvgIpc) is 3.05. The molecule has 1 spiro atoms. The molecule has 1 aromatic rings. The van der Waals surface area contributed by atoms with E-state index in [0.29, 0.717) is 5.41 Å². The molecular formula is C19H30ClN3O3S. The van der Waals surface area contributed by atoms with Gasteiger partial charge in [-0.15, -0.1) is 12.4 Å². The van der Waals surface area contributed by atoms with Crippen molar-refractivity contribution >= 4 is 28.3 Å². The molecule has 2 aliphatic heterocycles. The Morgan fingerprint density at radius 1 is 1.19 bits per heavy atom. The molecule has 27 heavy (non-hydrogen) atoms. The van der Waals surface area contributed by atoms with E-state index in [0.717, 1.165) is 50.1 Å². The summed E-state index contributed by atoms with van der Waals surface area (Å²) in [7, 11) is -3.57. The molecule has 2 saturated heterocycles. The molecule has 0 saturated carbocycles. The van der Waals surface area contributed by atoms with E-state index in [-0.39, 0.29) is 36.2 Å². The van der Waals surface area contributed by atoms with Crippen molar-refractivity contribution in [1.29, 1.82) is 0 Å². The third kappa shape index (κ3) is 5.22. The number of rotatable bonds is 5. The van der Waals surface area contributed by atoms with Crippen molar-refractivity contribution in [2.24, 2.45) is 5.41 Å². The van der Waals surface area contributed by atoms with Gasteiger partial charge in [0.05, 0.1) is 4.90 Å². The van der Waals surface area contributed by atoms with Crippen LogP contribution in [0.15, 0.2) is 23.1 Å². The lowest BCUT2D eigenvalue weighted by molar-refractivity contribution is -0.133. The third-order valence-corrected chi connectivity index (χ3v) is 7.39. The summed E-state index contributed by atoms with van der Waals surface area (Å²) < 4.78 is 27.3. The van der Waals surface area contributed by atoms with Gasteiger partial charge in [0.2, 0.25) is 15.9 Å². The van der Waals surface area contributed by atoms with Crippen molar-refractivity contribution in [3.05, 3.63) is 29.3 Å². The number of piperidine rings is 1. The quantitative estimate of drug-likeness (QED) is 0.770. The van der Waals surface area contributed by atoms with Crippen LogP contribution in [0.5, 0.6) is 0 Å². The van der Waals surface area contributed by atoms with Crippen LogP contribution >= 0.6 is 12.4 Å². The highest BCUT2D eigenvalue weighted by molar-refractivity contribution is 7.89. The normalized spacial score (nSPS) is 19.1. The summed E-state index contributed by atoms with van der Waals surface area (Å²) in [4.78, 5) is 14.5. The molecule has 0 bridgehead atoms. The van der Waals surface area contributed by atoms with Gasteiger partial charge < -0.3 is 10.2 Å². The summed E-state index contributed by atoms with van der Waals surface area (Å²) in [5.74, 6) is 0.0357. The molecule has 3 rings (SSSR count). The second kappa shape index (κ2) is 8.90. The van der Waals surface area contributed by atoms with Crippen molar-refractivity contribution in [3.63, 3.8) is 0 Å². The van der Waals surface area contributed by atoms with Gasteiger partial charge in [-0.3, -0.25) is 4.79 Å². The molecule has 152 valence electrons. The number of carbonyl (C=O) groups excluding carboxylic acids is 1. The highest BCUT2D eigenvalue weighted by atomic mass is 35.5. The van der Waals surface area contributed by atoms with Crippen molar-refractivity contribution < 1.29 is 13.2 Å². The summed E-state index contributed by atoms with van der Waals surface area (Å²) in [6.07, 6.45) is 3.49. The van der Waals surface area contributed by atoms with Crippen LogP contribution in [0.25, 0.3) is 0 Å². The zero-order valence-electron chi connectivity index (χ0n) is 16.1. The van der Waals surface area contributed by atoms with Crippen LogP contribution in [-0.4, -0.2) is 51.9 Å². The van der Waals surface area contributed by atoms with Gasteiger partial charge in [0.25, 0.3) is 0 Å². The van der Waals surface area contributed by atoms with Gasteiger partial charge in [0.1, 0.15) is 0 Å². The van der Waals surface area contributed by atoms with Gasteiger partial charge in [0.15, 0.2) is 0 Å². The van der Waals surface area contributed by atoms with Gasteiger partial charge in [-0.2, -0.15) is 0 Å². The molecule has 2 N–H and O–H groups in total. The summed E-state index contributed by atoms with van der Waals surface area (Å²) in [6, 6.07) is 5.07. The number of halogens is 1. The van der Waals surface area contributed by atoms with E-state index < -0.39 is 10.0 Å². The second-order valence-corrected chi connectivity index (χ2v) is 9.47. The van der Waals surface area contributed by atoms with Crippen molar-refractivity contribution in [3.8, 4) is 0 Å². The lowest BCUT2D eigenvalue weighted by Crippen LogP contribution is -2.44. The number of benzene rings is 1. The topological polar surface area (TPSA) is 78.5 Å². The Morgan fingerprint density at radius 2 is 1.89 bits per heavy atom. The highest BCUT2D eigenvalue weighted by Gasteiger charge is 2.37. The Balaban J connectivity index is 0.00000261. The van der Waals surface area contributed by atoms with Crippen LogP contribution in [0.3, 0.4) is 0 Å². The number of amides is 1. The lowest BCUT2D eigenvalue weighted by atomic mass is 9.78. The number of hydrogen-bond donors (Lipinski definition) is 2. The van der Waals surface area contributed by atoms with Gasteiger partial charge >= 0.3 is 0 Å². The average molecular weight is 416 g/mol. The molecule has 8 heteroatoms. The maximum Gasteiger partial charge on any atom is 0.240 e. The number of nitrogens with one attached hydrogen (secondary N) is 2. The largest absolute Gasteiger partial charge is 0.343 e. The minimum Gasteiger partial charge on any atom is -0.343 e. The molecule has 0 aliphatic carbocycles. The first-order valence-corrected chi connectivity index (χ1v) is 10.9. The Morgan fingerprint density at radius 3 is 2.48 bits per heavy atom. The van der Waals surface area contributed by atoms with Gasteiger partial charge in [-0.1, -0.05) is 6.07 Å². The van der Waals surface area contributed by atoms with Gasteiger partial charge in [-0.05, 0) is 68.3 Å². The van der Waals surface area contributed by atoms with Crippen LogP contribution in [0.2, 0.25) is 0 Å². The van der Waals surface area contributed by atoms with Crippen molar-refractivity contribution in [1.82, 2.24) is 14.9 Å². The second-order valence-electron chi connectivity index (χ2n) is 7.70. The predicted octanol–water partition coefficient (Wildman–Crippen LogP) is 2.00. The molecule has 2 fully saturated rings. The zero-order valence-corrected chi connectivity index (χ0v) is 17.7. The van der Waals surface area contributed by atoms with Crippen LogP contribution < -0.4 is 10.0 Å². The van der Waals surface area contributed by atoms with Gasteiger partial charge in [-0.25, -0.2) is 13.1 Å². The highest BCUT2D eigenvalue weighted by Crippen LogP contribution is 2.36. The molecule has 2 aliphatic rings. The Hall–Kier alpha value is -1.15. The standard InChI is InChI=1S/C19H29N3O3S.ClH/c1-15-3-4-17(13-16(15)2)26(24,25)21-9-5-18(23)22-11-7-19(8-12-22)6-10-20-14-19;/h3-4,13,20-21H,5-12,14H2,1-2H3;1H. The fraction of sp³-hybridized carbons (Fsp3) is 0.632. The van der Waals surface area contributed by atoms with Crippen LogP contribution in [0, 0.1) is 19.3 Å². The fourth-order valence-corrected chi connectivity index (χ4v) is 4.98. The molecule has 6 nitrogen and oxygen atoms in total. The first kappa shape index (κ1) is 22.1. The van der Waals surface area contributed by atoms with E-state index in [4.69, 9.17) is 0 Å². The van der Waals surface area contributed by atoms with E-state index in [2.05, 4.69) is 10.0 Å². The molecule has 0 aromatic heterocycles. The van der Waals surface area contributed by atoms with E-state index in [1.807, 2.05) is 18.7 Å². The van der Waals surface area contributed by atoms with Crippen LogP contribution in [0.1, 0.15) is 36.8 Å². The summed E-state index contributed by atoms with van der Waals surface area (Å²) in [5.41, 5.74) is 2.37. The molecule has 2 heterocycles. The smallest absolute Gasteiger partial charge is 0.240 e. The van der Waals surface area contributed by atoms with E-state index >= 15 is 0 Å². The molecule has 1 aromatic carbocycles. The van der Waals surface area contributed by atoms with Gasteiger partial charge in [0, 0.05) is 32.6 Å². The van der Waals surface area contributed by atoms with Crippen molar-refractivity contribution in [2.45, 2.75) is 44.4 Å². The minimum absolute atomic E-state index is 0. The number of carbonyl (C=O) groups is 1. The number of sulfonamides is 1. The predicted molar refractivity (Wildman–Crippen MR) is 109 cm³/mol. The fourth-order valence-electron chi connectivity index (χ4n) is 3.87. The van der Waals surface area contributed by atoms with Crippen LogP contribution in [0.4, 0.5) is 0 Å².